The lowest BCUT2D eigenvalue weighted by Gasteiger charge is -2.48. The Balaban J connectivity index is 1.30. The summed E-state index contributed by atoms with van der Waals surface area (Å²) >= 11 is 0. The van der Waals surface area contributed by atoms with Crippen molar-refractivity contribution in [3.63, 3.8) is 0 Å². The van der Waals surface area contributed by atoms with Crippen LogP contribution in [0.5, 0.6) is 0 Å². The maximum atomic E-state index is 13.6. The van der Waals surface area contributed by atoms with Crippen molar-refractivity contribution in [1.82, 2.24) is 5.32 Å². The van der Waals surface area contributed by atoms with Gasteiger partial charge in [0.25, 0.3) is 0 Å². The summed E-state index contributed by atoms with van der Waals surface area (Å²) < 4.78 is 34.6. The molecule has 17 unspecified atom stereocenters. The maximum Gasteiger partial charge on any atom is 0.220 e. The van der Waals surface area contributed by atoms with E-state index in [1.54, 1.807) is 0 Å². The first-order valence-corrected chi connectivity index (χ1v) is 46.8. The number of ether oxygens (including phenoxy) is 6. The van der Waals surface area contributed by atoms with E-state index < -0.39 is 124 Å². The average molecular weight is 1560 g/mol. The van der Waals surface area contributed by atoms with Gasteiger partial charge in [0, 0.05) is 6.42 Å². The highest BCUT2D eigenvalue weighted by atomic mass is 16.8. The zero-order chi connectivity index (χ0) is 78.8. The fraction of sp³-hybridized carbons (Fsp3) is 0.989. The Labute approximate surface area is 665 Å². The van der Waals surface area contributed by atoms with Crippen molar-refractivity contribution in [2.45, 2.75) is 542 Å². The monoisotopic (exact) mass is 1560 g/mol. The molecule has 0 aliphatic carbocycles. The third-order valence-electron chi connectivity index (χ3n) is 23.9. The van der Waals surface area contributed by atoms with E-state index >= 15 is 0 Å². The molecule has 648 valence electrons. The van der Waals surface area contributed by atoms with Gasteiger partial charge in [-0.15, -0.1) is 0 Å². The van der Waals surface area contributed by atoms with Crippen LogP contribution in [-0.2, 0) is 33.2 Å². The molecule has 0 aromatic rings. The molecule has 19 nitrogen and oxygen atoms in total. The first-order valence-electron chi connectivity index (χ1n) is 46.8. The van der Waals surface area contributed by atoms with Crippen molar-refractivity contribution >= 4 is 5.91 Å². The second kappa shape index (κ2) is 70.9. The molecule has 0 aromatic heterocycles. The second-order valence-electron chi connectivity index (χ2n) is 33.8. The van der Waals surface area contributed by atoms with Crippen molar-refractivity contribution in [1.29, 1.82) is 0 Å². The maximum absolute atomic E-state index is 13.6. The molecule has 19 heteroatoms. The van der Waals surface area contributed by atoms with E-state index in [0.717, 1.165) is 44.9 Å². The van der Waals surface area contributed by atoms with E-state index in [-0.39, 0.29) is 18.9 Å². The van der Waals surface area contributed by atoms with Crippen molar-refractivity contribution in [2.24, 2.45) is 0 Å². The lowest BCUT2D eigenvalue weighted by molar-refractivity contribution is -0.379. The highest BCUT2D eigenvalue weighted by molar-refractivity contribution is 5.76. The molecule has 3 rings (SSSR count). The Morgan fingerprint density at radius 3 is 0.798 bits per heavy atom. The van der Waals surface area contributed by atoms with E-state index in [1.807, 2.05) is 0 Å². The molecule has 17 atom stereocenters. The summed E-state index contributed by atoms with van der Waals surface area (Å²) in [5.41, 5.74) is 0. The molecule has 12 N–H and O–H groups in total. The highest BCUT2D eigenvalue weighted by Crippen LogP contribution is 2.34. The lowest BCUT2D eigenvalue weighted by Crippen LogP contribution is -2.66. The Bertz CT molecular complexity index is 1960. The molecule has 0 aromatic carbocycles. The largest absolute Gasteiger partial charge is 0.394 e. The minimum absolute atomic E-state index is 0.230. The molecule has 3 saturated heterocycles. The first-order chi connectivity index (χ1) is 53.3. The fourth-order valence-electron chi connectivity index (χ4n) is 16.5. The van der Waals surface area contributed by atoms with Crippen LogP contribution < -0.4 is 5.32 Å². The van der Waals surface area contributed by atoms with Gasteiger partial charge in [-0.3, -0.25) is 4.79 Å². The Kier molecular flexibility index (Phi) is 66.4. The third kappa shape index (κ3) is 49.6. The summed E-state index contributed by atoms with van der Waals surface area (Å²) in [6, 6.07) is -0.885. The van der Waals surface area contributed by atoms with Gasteiger partial charge < -0.3 is 89.9 Å². The van der Waals surface area contributed by atoms with Gasteiger partial charge in [-0.25, -0.2) is 0 Å². The van der Waals surface area contributed by atoms with Crippen LogP contribution in [0.3, 0.4) is 0 Å². The predicted octanol–water partition coefficient (Wildman–Crippen LogP) is 18.1. The van der Waals surface area contributed by atoms with Crippen LogP contribution in [0.15, 0.2) is 0 Å². The molecule has 3 aliphatic heterocycles. The number of carbonyl (C=O) groups excluding carboxylic acids is 1. The van der Waals surface area contributed by atoms with Gasteiger partial charge in [-0.1, -0.05) is 418 Å². The molecular weight excluding hydrogens is 1380 g/mol. The van der Waals surface area contributed by atoms with Gasteiger partial charge in [0.1, 0.15) is 73.2 Å². The second-order valence-corrected chi connectivity index (χ2v) is 33.8. The van der Waals surface area contributed by atoms with Crippen molar-refractivity contribution < 1.29 is 89.4 Å². The molecule has 0 spiro atoms. The smallest absolute Gasteiger partial charge is 0.220 e. The van der Waals surface area contributed by atoms with E-state index in [1.165, 1.54) is 360 Å². The van der Waals surface area contributed by atoms with Gasteiger partial charge >= 0.3 is 0 Å². The molecule has 3 heterocycles. The normalized spacial score (nSPS) is 25.2. The number of hydrogen-bond donors (Lipinski definition) is 12. The molecule has 3 aliphatic rings. The number of rotatable bonds is 78. The zero-order valence-electron chi connectivity index (χ0n) is 70.1. The Morgan fingerprint density at radius 2 is 0.523 bits per heavy atom. The van der Waals surface area contributed by atoms with Crippen molar-refractivity contribution in [3.8, 4) is 0 Å². The standard InChI is InChI=1S/C90H175NO18/c1-3-5-7-9-11-13-15-17-19-21-23-25-27-29-31-33-35-36-38-40-42-44-46-48-50-52-54-56-58-60-62-64-66-68-78(96)91-73(74(95)67-65-63-61-59-57-55-53-51-49-47-45-43-41-39-37-34-32-30-28-26-24-22-20-18-16-14-12-10-8-6-4-2)72-104-88-84(102)81(99)86(76(70-93)106-88)109-90-85(103)82(100)87(77(71-94)107-90)108-89-83(101)80(98)79(97)75(69-92)105-89/h73-77,79-90,92-95,97-103H,3-72H2,1-2H3,(H,91,96). The number of aliphatic hydroxyl groups is 11. The molecule has 1 amide bonds. The molecule has 0 bridgehead atoms. The first kappa shape index (κ1) is 102. The number of amides is 1. The fourth-order valence-corrected chi connectivity index (χ4v) is 16.5. The molecule has 0 saturated carbocycles. The highest BCUT2D eigenvalue weighted by Gasteiger charge is 2.54. The van der Waals surface area contributed by atoms with Crippen molar-refractivity contribution in [2.75, 3.05) is 26.4 Å². The van der Waals surface area contributed by atoms with Gasteiger partial charge in [-0.2, -0.15) is 0 Å². The average Bonchev–Trinajstić information content (AvgIpc) is 0.782. The van der Waals surface area contributed by atoms with E-state index in [9.17, 15) is 61.0 Å². The van der Waals surface area contributed by atoms with Gasteiger partial charge in [0.2, 0.25) is 5.91 Å². The number of nitrogens with one attached hydrogen (secondary N) is 1. The molecule has 0 radical (unpaired) electrons. The lowest BCUT2D eigenvalue weighted by atomic mass is 9.96. The van der Waals surface area contributed by atoms with E-state index in [2.05, 4.69) is 19.2 Å². The van der Waals surface area contributed by atoms with Crippen LogP contribution in [0.25, 0.3) is 0 Å². The quantitative estimate of drug-likeness (QED) is 0.0252. The summed E-state index contributed by atoms with van der Waals surface area (Å²) in [5, 5.41) is 121. The minimum Gasteiger partial charge on any atom is -0.394 e. The zero-order valence-corrected chi connectivity index (χ0v) is 70.1. The van der Waals surface area contributed by atoms with Crippen LogP contribution in [0.2, 0.25) is 0 Å². The number of carbonyl (C=O) groups is 1. The van der Waals surface area contributed by atoms with Gasteiger partial charge in [0.05, 0.1) is 38.6 Å². The summed E-state index contributed by atoms with van der Waals surface area (Å²) in [4.78, 5) is 13.6. The topological polar surface area (TPSA) is 307 Å². The van der Waals surface area contributed by atoms with Gasteiger partial charge in [-0.05, 0) is 12.8 Å². The van der Waals surface area contributed by atoms with Crippen molar-refractivity contribution in [3.05, 3.63) is 0 Å². The molecule has 109 heavy (non-hydrogen) atoms. The predicted molar refractivity (Wildman–Crippen MR) is 439 cm³/mol. The van der Waals surface area contributed by atoms with Crippen LogP contribution in [0.4, 0.5) is 0 Å². The Hall–Kier alpha value is -1.21. The number of hydrogen-bond acceptors (Lipinski definition) is 18. The Morgan fingerprint density at radius 1 is 0.294 bits per heavy atom. The number of unbranched alkanes of at least 4 members (excludes halogenated alkanes) is 62. The minimum atomic E-state index is -1.97. The van der Waals surface area contributed by atoms with Gasteiger partial charge in [0.15, 0.2) is 18.9 Å². The van der Waals surface area contributed by atoms with Crippen LogP contribution >= 0.6 is 0 Å². The van der Waals surface area contributed by atoms with Crippen LogP contribution in [0.1, 0.15) is 438 Å². The molecule has 3 fully saturated rings. The SMILES string of the molecule is CCCCCCCCCCCCCCCCCCCCCCCCCCCCCCCCCCCC(=O)NC(COC1OC(CO)C(OC2OC(CO)C(OC3OC(CO)C(O)C(O)C3O)C(O)C2O)C(O)C1O)C(O)CCCCCCCCCCCCCCCCCCCCCCCCCCCCCCCCC. The van der Waals surface area contributed by atoms with E-state index in [4.69, 9.17) is 28.4 Å². The summed E-state index contributed by atoms with van der Waals surface area (Å²) in [7, 11) is 0. The third-order valence-corrected chi connectivity index (χ3v) is 23.9. The van der Waals surface area contributed by atoms with Crippen LogP contribution in [0, 0.1) is 0 Å². The summed E-state index contributed by atoms with van der Waals surface area (Å²) in [5.74, 6) is -0.230. The summed E-state index contributed by atoms with van der Waals surface area (Å²) in [6.07, 6.45) is 59.4. The number of aliphatic hydroxyl groups excluding tert-OH is 11. The van der Waals surface area contributed by atoms with Crippen LogP contribution in [-0.4, -0.2) is 193 Å². The summed E-state index contributed by atoms with van der Waals surface area (Å²) in [6.45, 7) is 1.90. The van der Waals surface area contributed by atoms with E-state index in [0.29, 0.717) is 12.8 Å². The molecular formula is C90H175NO18.